The molecule has 27 heavy (non-hydrogen) atoms. The lowest BCUT2D eigenvalue weighted by atomic mass is 10.1. The molecule has 0 radical (unpaired) electrons. The van der Waals surface area contributed by atoms with Gasteiger partial charge in [0, 0.05) is 12.1 Å². The van der Waals surface area contributed by atoms with Crippen molar-refractivity contribution in [3.8, 4) is 23.0 Å². The summed E-state index contributed by atoms with van der Waals surface area (Å²) in [5.74, 6) is -0.993. The molecule has 0 bridgehead atoms. The van der Waals surface area contributed by atoms with Gasteiger partial charge in [0.1, 0.15) is 22.9 Å². The summed E-state index contributed by atoms with van der Waals surface area (Å²) < 4.78 is 38.9. The topological polar surface area (TPSA) is 80.3 Å². The number of hydrogen-bond donors (Lipinski definition) is 0. The molecule has 0 saturated carbocycles. The van der Waals surface area contributed by atoms with E-state index in [1.807, 2.05) is 0 Å². The Hall–Kier alpha value is -3.29. The first-order chi connectivity index (χ1) is 12.9. The van der Waals surface area contributed by atoms with Crippen molar-refractivity contribution >= 4 is 11.8 Å². The molecular weight excluding hydrogens is 359 g/mol. The van der Waals surface area contributed by atoms with Crippen LogP contribution < -0.4 is 18.9 Å². The van der Waals surface area contributed by atoms with Crippen molar-refractivity contribution < 1.29 is 37.7 Å². The zero-order valence-electron chi connectivity index (χ0n) is 15.3. The van der Waals surface area contributed by atoms with Crippen LogP contribution in [0.4, 0.5) is 4.39 Å². The van der Waals surface area contributed by atoms with E-state index in [1.54, 1.807) is 0 Å². The minimum Gasteiger partial charge on any atom is -0.496 e. The number of Topliss-reactive ketones (excluding diaryl/α,β-unsaturated/α-hetero) is 1. The maximum atomic E-state index is 13.4. The molecular formula is C19H19FO7. The molecule has 0 aliphatic carbocycles. The van der Waals surface area contributed by atoms with Crippen molar-refractivity contribution in [2.75, 3.05) is 35.0 Å². The number of benzene rings is 2. The Balaban J connectivity index is 2.21. The van der Waals surface area contributed by atoms with Crippen molar-refractivity contribution in [3.63, 3.8) is 0 Å². The first kappa shape index (κ1) is 20.0. The molecule has 0 unspecified atom stereocenters. The van der Waals surface area contributed by atoms with Crippen molar-refractivity contribution in [1.82, 2.24) is 0 Å². The maximum absolute atomic E-state index is 13.4. The Morgan fingerprint density at radius 2 is 1.37 bits per heavy atom. The zero-order chi connectivity index (χ0) is 20.0. The number of hydrogen-bond acceptors (Lipinski definition) is 7. The highest BCUT2D eigenvalue weighted by molar-refractivity contribution is 6.02. The quantitative estimate of drug-likeness (QED) is 0.516. The summed E-state index contributed by atoms with van der Waals surface area (Å²) in [6.07, 6.45) is 0. The lowest BCUT2D eigenvalue weighted by Crippen LogP contribution is -2.16. The third kappa shape index (κ3) is 4.46. The summed E-state index contributed by atoms with van der Waals surface area (Å²) in [6.45, 7) is -0.601. The molecule has 0 atom stereocenters. The van der Waals surface area contributed by atoms with Crippen LogP contribution in [-0.4, -0.2) is 46.8 Å². The van der Waals surface area contributed by atoms with Crippen LogP contribution >= 0.6 is 0 Å². The molecule has 0 heterocycles. The van der Waals surface area contributed by atoms with Crippen molar-refractivity contribution in [3.05, 3.63) is 47.3 Å². The standard InChI is InChI=1S/C19H19FO7/c1-23-15-6-5-11(20)7-12(15)14(21)10-27-19(22)13-8-17(25-3)18(26-4)9-16(13)24-2/h5-9H,10H2,1-4H3. The third-order valence-corrected chi connectivity index (χ3v) is 3.72. The van der Waals surface area contributed by atoms with Gasteiger partial charge >= 0.3 is 5.97 Å². The number of methoxy groups -OCH3 is 4. The van der Waals surface area contributed by atoms with Crippen LogP contribution in [0.15, 0.2) is 30.3 Å². The van der Waals surface area contributed by atoms with Crippen molar-refractivity contribution in [2.45, 2.75) is 0 Å². The van der Waals surface area contributed by atoms with Gasteiger partial charge < -0.3 is 23.7 Å². The lowest BCUT2D eigenvalue weighted by Gasteiger charge is -2.13. The van der Waals surface area contributed by atoms with E-state index in [4.69, 9.17) is 23.7 Å². The highest BCUT2D eigenvalue weighted by Crippen LogP contribution is 2.35. The monoisotopic (exact) mass is 378 g/mol. The van der Waals surface area contributed by atoms with E-state index in [0.29, 0.717) is 11.5 Å². The van der Waals surface area contributed by atoms with E-state index in [9.17, 15) is 14.0 Å². The Morgan fingerprint density at radius 1 is 0.778 bits per heavy atom. The molecule has 7 nitrogen and oxygen atoms in total. The average Bonchev–Trinajstić information content (AvgIpc) is 2.70. The van der Waals surface area contributed by atoms with E-state index >= 15 is 0 Å². The normalized spacial score (nSPS) is 10.1. The van der Waals surface area contributed by atoms with Crippen molar-refractivity contribution in [1.29, 1.82) is 0 Å². The number of halogens is 1. The van der Waals surface area contributed by atoms with Gasteiger partial charge in [0.2, 0.25) is 5.78 Å². The Morgan fingerprint density at radius 3 is 1.96 bits per heavy atom. The molecule has 0 spiro atoms. The molecule has 2 rings (SSSR count). The molecule has 144 valence electrons. The number of ether oxygens (including phenoxy) is 5. The smallest absolute Gasteiger partial charge is 0.342 e. The number of carbonyl (C=O) groups excluding carboxylic acids is 2. The number of carbonyl (C=O) groups is 2. The van der Waals surface area contributed by atoms with Crippen LogP contribution in [0.2, 0.25) is 0 Å². The summed E-state index contributed by atoms with van der Waals surface area (Å²) >= 11 is 0. The number of ketones is 1. The van der Waals surface area contributed by atoms with E-state index in [0.717, 1.165) is 12.1 Å². The van der Waals surface area contributed by atoms with Crippen LogP contribution in [0.3, 0.4) is 0 Å². The average molecular weight is 378 g/mol. The number of esters is 1. The lowest BCUT2D eigenvalue weighted by molar-refractivity contribution is 0.0470. The molecule has 0 saturated heterocycles. The maximum Gasteiger partial charge on any atom is 0.342 e. The molecule has 0 aliphatic heterocycles. The fraction of sp³-hybridized carbons (Fsp3) is 0.263. The SMILES string of the molecule is COc1cc(OC)c(C(=O)OCC(=O)c2cc(F)ccc2OC)cc1OC. The summed E-state index contributed by atoms with van der Waals surface area (Å²) in [5, 5.41) is 0. The molecule has 0 aliphatic rings. The van der Waals surface area contributed by atoms with Crippen LogP contribution in [0.1, 0.15) is 20.7 Å². The summed E-state index contributed by atoms with van der Waals surface area (Å²) in [7, 11) is 5.59. The molecule has 0 amide bonds. The zero-order valence-corrected chi connectivity index (χ0v) is 15.3. The highest BCUT2D eigenvalue weighted by atomic mass is 19.1. The molecule has 0 fully saturated rings. The van der Waals surface area contributed by atoms with Gasteiger partial charge in [0.05, 0.1) is 34.0 Å². The molecule has 8 heteroatoms. The van der Waals surface area contributed by atoms with Gasteiger partial charge in [-0.2, -0.15) is 0 Å². The van der Waals surface area contributed by atoms with E-state index in [-0.39, 0.29) is 22.6 Å². The summed E-state index contributed by atoms with van der Waals surface area (Å²) in [4.78, 5) is 24.7. The van der Waals surface area contributed by atoms with E-state index < -0.39 is 24.2 Å². The van der Waals surface area contributed by atoms with E-state index in [2.05, 4.69) is 0 Å². The van der Waals surface area contributed by atoms with Gasteiger partial charge in [0.15, 0.2) is 18.1 Å². The van der Waals surface area contributed by atoms with Gasteiger partial charge in [-0.05, 0) is 18.2 Å². The van der Waals surface area contributed by atoms with Crippen LogP contribution in [-0.2, 0) is 4.74 Å². The van der Waals surface area contributed by atoms with Crippen LogP contribution in [0.25, 0.3) is 0 Å². The molecule has 0 N–H and O–H groups in total. The van der Waals surface area contributed by atoms with Gasteiger partial charge in [-0.3, -0.25) is 4.79 Å². The first-order valence-electron chi connectivity index (χ1n) is 7.79. The number of rotatable bonds is 8. The molecule has 2 aromatic carbocycles. The summed E-state index contributed by atoms with van der Waals surface area (Å²) in [6, 6.07) is 6.35. The second-order valence-corrected chi connectivity index (χ2v) is 5.25. The van der Waals surface area contributed by atoms with Crippen LogP contribution in [0, 0.1) is 5.82 Å². The van der Waals surface area contributed by atoms with Gasteiger partial charge in [0.25, 0.3) is 0 Å². The fourth-order valence-electron chi connectivity index (χ4n) is 2.37. The highest BCUT2D eigenvalue weighted by Gasteiger charge is 2.21. The van der Waals surface area contributed by atoms with Crippen LogP contribution in [0.5, 0.6) is 23.0 Å². The molecule has 0 aromatic heterocycles. The van der Waals surface area contributed by atoms with E-state index in [1.165, 1.54) is 46.6 Å². The Kier molecular flexibility index (Phi) is 6.59. The largest absolute Gasteiger partial charge is 0.496 e. The van der Waals surface area contributed by atoms with Gasteiger partial charge in [-0.1, -0.05) is 0 Å². The predicted molar refractivity (Wildman–Crippen MR) is 93.7 cm³/mol. The Bertz CT molecular complexity index is 848. The second kappa shape index (κ2) is 8.88. The summed E-state index contributed by atoms with van der Waals surface area (Å²) in [5.41, 5.74) is 0.0266. The van der Waals surface area contributed by atoms with Gasteiger partial charge in [-0.25, -0.2) is 9.18 Å². The third-order valence-electron chi connectivity index (χ3n) is 3.72. The minimum absolute atomic E-state index is 0.0235. The van der Waals surface area contributed by atoms with Crippen molar-refractivity contribution in [2.24, 2.45) is 0 Å². The fourth-order valence-corrected chi connectivity index (χ4v) is 2.37. The Labute approximate surface area is 155 Å². The molecule has 2 aromatic rings. The predicted octanol–water partition coefficient (Wildman–Crippen LogP) is 2.90. The first-order valence-corrected chi connectivity index (χ1v) is 7.79. The second-order valence-electron chi connectivity index (χ2n) is 5.25. The minimum atomic E-state index is -0.809. The van der Waals surface area contributed by atoms with Gasteiger partial charge in [-0.15, -0.1) is 0 Å².